The van der Waals surface area contributed by atoms with Crippen molar-refractivity contribution in [3.8, 4) is 5.75 Å². The maximum absolute atomic E-state index is 9.15. The van der Waals surface area contributed by atoms with E-state index in [2.05, 4.69) is 0 Å². The SMILES string of the molecule is COc1cccc(B(N)O)c1C. The Kier molecular flexibility index (Phi) is 2.73. The van der Waals surface area contributed by atoms with Crippen LogP contribution in [-0.4, -0.2) is 19.2 Å². The fraction of sp³-hybridized carbons (Fsp3) is 0.250. The molecule has 0 radical (unpaired) electrons. The highest BCUT2D eigenvalue weighted by Gasteiger charge is 2.13. The summed E-state index contributed by atoms with van der Waals surface area (Å²) in [6.07, 6.45) is 0. The molecule has 0 aliphatic rings. The van der Waals surface area contributed by atoms with Gasteiger partial charge in [0.15, 0.2) is 0 Å². The molecule has 3 N–H and O–H groups in total. The number of rotatable bonds is 2. The van der Waals surface area contributed by atoms with Crippen molar-refractivity contribution < 1.29 is 9.76 Å². The Morgan fingerprint density at radius 1 is 1.50 bits per heavy atom. The smallest absolute Gasteiger partial charge is 0.410 e. The molecule has 0 bridgehead atoms. The summed E-state index contributed by atoms with van der Waals surface area (Å²) in [6.45, 7) is 1.87. The fourth-order valence-corrected chi connectivity index (χ4v) is 1.17. The van der Waals surface area contributed by atoms with Gasteiger partial charge in [0.05, 0.1) is 7.11 Å². The number of benzene rings is 1. The maximum Gasteiger partial charge on any atom is 0.410 e. The summed E-state index contributed by atoms with van der Waals surface area (Å²) >= 11 is 0. The molecule has 0 spiro atoms. The van der Waals surface area contributed by atoms with Crippen molar-refractivity contribution in [1.82, 2.24) is 0 Å². The normalized spacial score (nSPS) is 9.67. The van der Waals surface area contributed by atoms with Gasteiger partial charge < -0.3 is 15.4 Å². The summed E-state index contributed by atoms with van der Waals surface area (Å²) in [5.74, 6) is 0.747. The Morgan fingerprint density at radius 2 is 2.17 bits per heavy atom. The molecule has 0 heterocycles. The highest BCUT2D eigenvalue weighted by atomic mass is 16.5. The summed E-state index contributed by atoms with van der Waals surface area (Å²) in [7, 11) is 0.662. The third-order valence-electron chi connectivity index (χ3n) is 1.86. The Labute approximate surface area is 72.3 Å². The van der Waals surface area contributed by atoms with Crippen LogP contribution >= 0.6 is 0 Å². The highest BCUT2D eigenvalue weighted by molar-refractivity contribution is 6.63. The van der Waals surface area contributed by atoms with E-state index < -0.39 is 7.05 Å². The molecular formula is C8H12BNO2. The minimum absolute atomic E-state index is 0.703. The lowest BCUT2D eigenvalue weighted by Crippen LogP contribution is -2.41. The van der Waals surface area contributed by atoms with Crippen LogP contribution in [0.25, 0.3) is 0 Å². The minimum Gasteiger partial charge on any atom is -0.497 e. The van der Waals surface area contributed by atoms with Crippen LogP contribution in [0, 0.1) is 6.92 Å². The Bertz CT molecular complexity index is 276. The van der Waals surface area contributed by atoms with Crippen molar-refractivity contribution in [2.24, 2.45) is 5.64 Å². The average molecular weight is 165 g/mol. The molecule has 3 nitrogen and oxygen atoms in total. The molecule has 1 aromatic rings. The minimum atomic E-state index is -0.930. The van der Waals surface area contributed by atoms with Crippen LogP contribution in [-0.2, 0) is 0 Å². The summed E-state index contributed by atoms with van der Waals surface area (Å²) in [4.78, 5) is 0. The van der Waals surface area contributed by atoms with Crippen molar-refractivity contribution in [2.45, 2.75) is 6.92 Å². The Morgan fingerprint density at radius 3 is 2.67 bits per heavy atom. The monoisotopic (exact) mass is 165 g/mol. The van der Waals surface area contributed by atoms with Crippen molar-refractivity contribution in [2.75, 3.05) is 7.11 Å². The van der Waals surface area contributed by atoms with Crippen LogP contribution in [0.2, 0.25) is 0 Å². The van der Waals surface area contributed by atoms with E-state index in [0.717, 1.165) is 11.3 Å². The lowest BCUT2D eigenvalue weighted by atomic mass is 9.73. The molecule has 0 aliphatic carbocycles. The molecule has 0 aromatic heterocycles. The first-order chi connectivity index (χ1) is 5.66. The first kappa shape index (κ1) is 9.10. The molecule has 64 valence electrons. The van der Waals surface area contributed by atoms with Gasteiger partial charge in [-0.1, -0.05) is 12.1 Å². The molecule has 0 saturated carbocycles. The second kappa shape index (κ2) is 3.60. The molecule has 1 aromatic carbocycles. The largest absolute Gasteiger partial charge is 0.497 e. The zero-order valence-corrected chi connectivity index (χ0v) is 7.24. The van der Waals surface area contributed by atoms with Gasteiger partial charge in [0, 0.05) is 0 Å². The van der Waals surface area contributed by atoms with Crippen molar-refractivity contribution in [3.05, 3.63) is 23.8 Å². The van der Waals surface area contributed by atoms with Gasteiger partial charge in [-0.15, -0.1) is 0 Å². The van der Waals surface area contributed by atoms with Crippen molar-refractivity contribution >= 4 is 12.5 Å². The van der Waals surface area contributed by atoms with Gasteiger partial charge in [0.1, 0.15) is 5.75 Å². The van der Waals surface area contributed by atoms with E-state index >= 15 is 0 Å². The van der Waals surface area contributed by atoms with Gasteiger partial charge in [0.25, 0.3) is 0 Å². The molecule has 0 aliphatic heterocycles. The molecule has 12 heavy (non-hydrogen) atoms. The third kappa shape index (κ3) is 1.60. The lowest BCUT2D eigenvalue weighted by molar-refractivity contribution is 0.412. The van der Waals surface area contributed by atoms with E-state index in [0.29, 0.717) is 5.46 Å². The molecule has 0 saturated heterocycles. The van der Waals surface area contributed by atoms with E-state index in [-0.39, 0.29) is 0 Å². The first-order valence-electron chi connectivity index (χ1n) is 3.74. The number of hydrogen-bond donors (Lipinski definition) is 2. The van der Waals surface area contributed by atoms with Crippen LogP contribution in [0.3, 0.4) is 0 Å². The quantitative estimate of drug-likeness (QED) is 0.589. The lowest BCUT2D eigenvalue weighted by Gasteiger charge is -2.09. The molecular weight excluding hydrogens is 153 g/mol. The van der Waals surface area contributed by atoms with Crippen LogP contribution in [0.5, 0.6) is 5.75 Å². The maximum atomic E-state index is 9.15. The number of ether oxygens (including phenoxy) is 1. The van der Waals surface area contributed by atoms with Crippen LogP contribution in [0.1, 0.15) is 5.56 Å². The van der Waals surface area contributed by atoms with Gasteiger partial charge in [0.2, 0.25) is 0 Å². The van der Waals surface area contributed by atoms with E-state index in [1.165, 1.54) is 0 Å². The van der Waals surface area contributed by atoms with Crippen molar-refractivity contribution in [3.63, 3.8) is 0 Å². The van der Waals surface area contributed by atoms with Crippen LogP contribution in [0.4, 0.5) is 0 Å². The molecule has 0 unspecified atom stereocenters. The van der Waals surface area contributed by atoms with Gasteiger partial charge >= 0.3 is 7.05 Å². The summed E-state index contributed by atoms with van der Waals surface area (Å²) < 4.78 is 5.07. The van der Waals surface area contributed by atoms with Crippen LogP contribution < -0.4 is 15.8 Å². The van der Waals surface area contributed by atoms with Gasteiger partial charge in [-0.05, 0) is 24.0 Å². The fourth-order valence-electron chi connectivity index (χ4n) is 1.17. The average Bonchev–Trinajstić information content (AvgIpc) is 2.04. The predicted octanol–water partition coefficient (Wildman–Crippen LogP) is -0.350. The Hall–Kier alpha value is -0.995. The number of hydrogen-bond acceptors (Lipinski definition) is 3. The summed E-state index contributed by atoms with van der Waals surface area (Å²) in [5, 5.41) is 9.15. The summed E-state index contributed by atoms with van der Waals surface area (Å²) in [5.41, 5.74) is 6.93. The van der Waals surface area contributed by atoms with E-state index in [9.17, 15) is 0 Å². The summed E-state index contributed by atoms with van der Waals surface area (Å²) in [6, 6.07) is 5.42. The topological polar surface area (TPSA) is 55.5 Å². The highest BCUT2D eigenvalue weighted by Crippen LogP contribution is 2.13. The molecule has 0 amide bonds. The second-order valence-electron chi connectivity index (χ2n) is 2.62. The van der Waals surface area contributed by atoms with Gasteiger partial charge in [-0.3, -0.25) is 0 Å². The van der Waals surface area contributed by atoms with E-state index in [4.69, 9.17) is 15.4 Å². The Balaban J connectivity index is 3.14. The van der Waals surface area contributed by atoms with E-state index in [1.54, 1.807) is 19.2 Å². The first-order valence-corrected chi connectivity index (χ1v) is 3.74. The molecule has 0 atom stereocenters. The predicted molar refractivity (Wildman–Crippen MR) is 49.5 cm³/mol. The second-order valence-corrected chi connectivity index (χ2v) is 2.62. The van der Waals surface area contributed by atoms with E-state index in [1.807, 2.05) is 13.0 Å². The van der Waals surface area contributed by atoms with Gasteiger partial charge in [-0.2, -0.15) is 0 Å². The van der Waals surface area contributed by atoms with Crippen molar-refractivity contribution in [1.29, 1.82) is 0 Å². The number of nitrogens with two attached hydrogens (primary N) is 1. The molecule has 1 rings (SSSR count). The van der Waals surface area contributed by atoms with Gasteiger partial charge in [-0.25, -0.2) is 0 Å². The zero-order chi connectivity index (χ0) is 9.14. The van der Waals surface area contributed by atoms with Crippen LogP contribution in [0.15, 0.2) is 18.2 Å². The molecule has 4 heteroatoms. The molecule has 0 fully saturated rings. The third-order valence-corrected chi connectivity index (χ3v) is 1.86. The zero-order valence-electron chi connectivity index (χ0n) is 7.24. The number of methoxy groups -OCH3 is 1. The standard InChI is InChI=1S/C8H12BNO2/c1-6-7(9(10)11)4-3-5-8(6)12-2/h3-5,11H,10H2,1-2H3.